The van der Waals surface area contributed by atoms with Crippen LogP contribution in [0.5, 0.6) is 0 Å². The molecule has 1 aromatic carbocycles. The van der Waals surface area contributed by atoms with Crippen LogP contribution in [0.2, 0.25) is 0 Å². The quantitative estimate of drug-likeness (QED) is 0.731. The van der Waals surface area contributed by atoms with Crippen LogP contribution in [0, 0.1) is 5.92 Å². The summed E-state index contributed by atoms with van der Waals surface area (Å²) in [6.07, 6.45) is 1.09. The maximum absolute atomic E-state index is 4.30. The highest BCUT2D eigenvalue weighted by Crippen LogP contribution is 2.19. The lowest BCUT2D eigenvalue weighted by molar-refractivity contribution is 0.649. The summed E-state index contributed by atoms with van der Waals surface area (Å²) < 4.78 is 8.52. The summed E-state index contributed by atoms with van der Waals surface area (Å²) in [5.41, 5.74) is 3.44. The summed E-state index contributed by atoms with van der Waals surface area (Å²) in [5, 5.41) is 0. The van der Waals surface area contributed by atoms with E-state index in [1.807, 2.05) is 6.07 Å². The summed E-state index contributed by atoms with van der Waals surface area (Å²) >= 11 is 1.29. The van der Waals surface area contributed by atoms with Gasteiger partial charge in [-0.1, -0.05) is 26.0 Å². The van der Waals surface area contributed by atoms with Crippen molar-refractivity contribution in [1.82, 2.24) is 8.75 Å². The lowest BCUT2D eigenvalue weighted by Gasteiger charge is -2.04. The van der Waals surface area contributed by atoms with Crippen molar-refractivity contribution in [2.75, 3.05) is 0 Å². The van der Waals surface area contributed by atoms with E-state index in [9.17, 15) is 0 Å². The molecular formula is C10H12N2S. The molecule has 0 saturated heterocycles. The van der Waals surface area contributed by atoms with Crippen molar-refractivity contribution >= 4 is 22.8 Å². The zero-order valence-electron chi connectivity index (χ0n) is 7.82. The minimum absolute atomic E-state index is 0.673. The minimum atomic E-state index is 0.673. The molecule has 0 saturated carbocycles. The predicted octanol–water partition coefficient (Wildman–Crippen LogP) is 2.89. The number of rotatable bonds is 2. The third-order valence-corrected chi connectivity index (χ3v) is 2.54. The molecule has 2 aromatic rings. The van der Waals surface area contributed by atoms with Crippen LogP contribution in [0.3, 0.4) is 0 Å². The summed E-state index contributed by atoms with van der Waals surface area (Å²) in [5.74, 6) is 0.673. The SMILES string of the molecule is CC(C)Cc1cccc2nsnc12. The molecule has 2 nitrogen and oxygen atoms in total. The molecule has 0 aliphatic rings. The van der Waals surface area contributed by atoms with Gasteiger partial charge in [0.15, 0.2) is 0 Å². The average molecular weight is 192 g/mol. The first-order valence-corrected chi connectivity index (χ1v) is 5.20. The second-order valence-corrected chi connectivity index (χ2v) is 4.18. The van der Waals surface area contributed by atoms with Gasteiger partial charge in [0.1, 0.15) is 11.0 Å². The first kappa shape index (κ1) is 8.63. The molecule has 13 heavy (non-hydrogen) atoms. The van der Waals surface area contributed by atoms with Crippen LogP contribution >= 0.6 is 11.7 Å². The van der Waals surface area contributed by atoms with Crippen molar-refractivity contribution in [2.45, 2.75) is 20.3 Å². The van der Waals surface area contributed by atoms with Crippen LogP contribution < -0.4 is 0 Å². The van der Waals surface area contributed by atoms with Crippen molar-refractivity contribution in [1.29, 1.82) is 0 Å². The first-order chi connectivity index (χ1) is 6.27. The summed E-state index contributed by atoms with van der Waals surface area (Å²) in [6, 6.07) is 6.22. The zero-order chi connectivity index (χ0) is 9.26. The van der Waals surface area contributed by atoms with Gasteiger partial charge in [-0.15, -0.1) is 0 Å². The summed E-state index contributed by atoms with van der Waals surface area (Å²) in [4.78, 5) is 0. The van der Waals surface area contributed by atoms with E-state index in [4.69, 9.17) is 0 Å². The maximum atomic E-state index is 4.30. The zero-order valence-corrected chi connectivity index (χ0v) is 8.64. The second kappa shape index (κ2) is 3.42. The van der Waals surface area contributed by atoms with Crippen LogP contribution in [0.4, 0.5) is 0 Å². The molecule has 0 amide bonds. The van der Waals surface area contributed by atoms with E-state index >= 15 is 0 Å². The van der Waals surface area contributed by atoms with Gasteiger partial charge < -0.3 is 0 Å². The molecular weight excluding hydrogens is 180 g/mol. The Kier molecular flexibility index (Phi) is 2.27. The van der Waals surface area contributed by atoms with Gasteiger partial charge in [0, 0.05) is 0 Å². The second-order valence-electron chi connectivity index (χ2n) is 3.65. The Morgan fingerprint density at radius 1 is 1.31 bits per heavy atom. The molecule has 68 valence electrons. The van der Waals surface area contributed by atoms with Crippen LogP contribution in [-0.2, 0) is 6.42 Å². The van der Waals surface area contributed by atoms with Crippen molar-refractivity contribution in [3.05, 3.63) is 23.8 Å². The minimum Gasteiger partial charge on any atom is -0.173 e. The number of nitrogens with zero attached hydrogens (tertiary/aromatic N) is 2. The number of benzene rings is 1. The number of fused-ring (bicyclic) bond motifs is 1. The largest absolute Gasteiger partial charge is 0.173 e. The molecule has 1 aromatic heterocycles. The topological polar surface area (TPSA) is 25.8 Å². The Morgan fingerprint density at radius 3 is 2.92 bits per heavy atom. The first-order valence-electron chi connectivity index (χ1n) is 4.47. The Morgan fingerprint density at radius 2 is 2.15 bits per heavy atom. The van der Waals surface area contributed by atoms with Crippen LogP contribution in [0.25, 0.3) is 11.0 Å². The smallest absolute Gasteiger partial charge is 0.107 e. The van der Waals surface area contributed by atoms with Crippen molar-refractivity contribution in [3.8, 4) is 0 Å². The van der Waals surface area contributed by atoms with Crippen molar-refractivity contribution < 1.29 is 0 Å². The lowest BCUT2D eigenvalue weighted by Crippen LogP contribution is -1.94. The Bertz CT molecular complexity index is 406. The van der Waals surface area contributed by atoms with Gasteiger partial charge in [-0.25, -0.2) is 0 Å². The van der Waals surface area contributed by atoms with Crippen molar-refractivity contribution in [3.63, 3.8) is 0 Å². The van der Waals surface area contributed by atoms with E-state index in [0.29, 0.717) is 5.92 Å². The van der Waals surface area contributed by atoms with Crippen molar-refractivity contribution in [2.24, 2.45) is 5.92 Å². The Labute approximate surface area is 81.9 Å². The van der Waals surface area contributed by atoms with E-state index in [2.05, 4.69) is 34.7 Å². The Balaban J connectivity index is 2.48. The van der Waals surface area contributed by atoms with Gasteiger partial charge in [-0.3, -0.25) is 0 Å². The van der Waals surface area contributed by atoms with E-state index in [-0.39, 0.29) is 0 Å². The molecule has 0 aliphatic heterocycles. The summed E-state index contributed by atoms with van der Waals surface area (Å²) in [7, 11) is 0. The van der Waals surface area contributed by atoms with Gasteiger partial charge >= 0.3 is 0 Å². The van der Waals surface area contributed by atoms with E-state index in [1.165, 1.54) is 17.3 Å². The highest BCUT2D eigenvalue weighted by Gasteiger charge is 2.05. The average Bonchev–Trinajstić information content (AvgIpc) is 2.51. The molecule has 2 rings (SSSR count). The highest BCUT2D eigenvalue weighted by molar-refractivity contribution is 7.00. The predicted molar refractivity (Wildman–Crippen MR) is 56.0 cm³/mol. The molecule has 0 unspecified atom stereocenters. The highest BCUT2D eigenvalue weighted by atomic mass is 32.1. The monoisotopic (exact) mass is 192 g/mol. The normalized spacial score (nSPS) is 11.3. The third-order valence-electron chi connectivity index (χ3n) is 2.00. The molecule has 0 radical (unpaired) electrons. The molecule has 0 fully saturated rings. The number of hydrogen-bond acceptors (Lipinski definition) is 3. The molecule has 0 aliphatic carbocycles. The molecule has 0 bridgehead atoms. The third kappa shape index (κ3) is 1.70. The van der Waals surface area contributed by atoms with Gasteiger partial charge in [-0.05, 0) is 24.0 Å². The molecule has 3 heteroatoms. The van der Waals surface area contributed by atoms with E-state index < -0.39 is 0 Å². The standard InChI is InChI=1S/C10H12N2S/c1-7(2)6-8-4-3-5-9-10(8)12-13-11-9/h3-5,7H,6H2,1-2H3. The Hall–Kier alpha value is -0.960. The fourth-order valence-corrected chi connectivity index (χ4v) is 2.04. The van der Waals surface area contributed by atoms with Gasteiger partial charge in [0.25, 0.3) is 0 Å². The fraction of sp³-hybridized carbons (Fsp3) is 0.400. The molecule has 1 heterocycles. The van der Waals surface area contributed by atoms with Crippen LogP contribution in [-0.4, -0.2) is 8.75 Å². The summed E-state index contributed by atoms with van der Waals surface area (Å²) in [6.45, 7) is 4.44. The van der Waals surface area contributed by atoms with Crippen LogP contribution in [0.15, 0.2) is 18.2 Å². The van der Waals surface area contributed by atoms with Gasteiger partial charge in [-0.2, -0.15) is 8.75 Å². The molecule has 0 N–H and O–H groups in total. The molecule has 0 atom stereocenters. The number of hydrogen-bond donors (Lipinski definition) is 0. The number of aromatic nitrogens is 2. The maximum Gasteiger partial charge on any atom is 0.107 e. The van der Waals surface area contributed by atoms with Gasteiger partial charge in [0.2, 0.25) is 0 Å². The molecule has 0 spiro atoms. The lowest BCUT2D eigenvalue weighted by atomic mass is 10.0. The van der Waals surface area contributed by atoms with E-state index in [1.54, 1.807) is 0 Å². The van der Waals surface area contributed by atoms with Gasteiger partial charge in [0.05, 0.1) is 11.7 Å². The fourth-order valence-electron chi connectivity index (χ4n) is 1.47. The van der Waals surface area contributed by atoms with E-state index in [0.717, 1.165) is 17.5 Å². The van der Waals surface area contributed by atoms with Crippen LogP contribution in [0.1, 0.15) is 19.4 Å².